The number of hydrogen-bond donors (Lipinski definition) is 0. The molecule has 0 spiro atoms. The monoisotopic (exact) mass is 679 g/mol. The van der Waals surface area contributed by atoms with Crippen molar-refractivity contribution in [2.75, 3.05) is 0 Å². The van der Waals surface area contributed by atoms with Crippen LogP contribution in [0.3, 0.4) is 0 Å². The van der Waals surface area contributed by atoms with Crippen molar-refractivity contribution in [3.63, 3.8) is 0 Å². The van der Waals surface area contributed by atoms with Crippen LogP contribution in [0.5, 0.6) is 0 Å². The minimum absolute atomic E-state index is 0.108. The highest BCUT2D eigenvalue weighted by molar-refractivity contribution is 6.25. The van der Waals surface area contributed by atoms with Gasteiger partial charge in [-0.05, 0) is 47.9 Å². The van der Waals surface area contributed by atoms with Crippen LogP contribution < -0.4 is 5.56 Å². The molecule has 11 aromatic rings. The Hall–Kier alpha value is -7.31. The van der Waals surface area contributed by atoms with Gasteiger partial charge in [0.25, 0.3) is 5.56 Å². The van der Waals surface area contributed by atoms with Crippen molar-refractivity contribution in [3.05, 3.63) is 186 Å². The van der Waals surface area contributed by atoms with Gasteiger partial charge in [0.2, 0.25) is 5.95 Å². The standard InChI is InChI=1S/C47H29N5O/c53-46-41-36-25-13-14-26-38(36)50(32-19-6-2-7-20-32)44(41)40-35-24-12-15-27-39(35)52(45(40)51(46)33-21-8-3-9-22-33)47-48-42(31-17-4-1-5-18-31)37-29-28-30-16-10-11-23-34(30)43(37)49-47/h1-29H. The van der Waals surface area contributed by atoms with E-state index in [9.17, 15) is 0 Å². The van der Waals surface area contributed by atoms with E-state index < -0.39 is 0 Å². The summed E-state index contributed by atoms with van der Waals surface area (Å²) in [5.41, 5.74) is 7.74. The number of nitrogens with zero attached hydrogens (tertiary/aromatic N) is 5. The lowest BCUT2D eigenvalue weighted by Crippen LogP contribution is -2.21. The van der Waals surface area contributed by atoms with Crippen LogP contribution in [0.15, 0.2) is 181 Å². The Morgan fingerprint density at radius 2 is 0.962 bits per heavy atom. The van der Waals surface area contributed by atoms with E-state index in [-0.39, 0.29) is 5.56 Å². The molecular formula is C47H29N5O. The summed E-state index contributed by atoms with van der Waals surface area (Å²) >= 11 is 0. The lowest BCUT2D eigenvalue weighted by atomic mass is 10.0. The first-order valence-corrected chi connectivity index (χ1v) is 17.7. The smallest absolute Gasteiger partial charge is 0.266 e. The molecule has 7 aromatic carbocycles. The molecule has 6 nitrogen and oxygen atoms in total. The molecule has 11 rings (SSSR count). The van der Waals surface area contributed by atoms with E-state index in [1.807, 2.05) is 89.5 Å². The highest BCUT2D eigenvalue weighted by Crippen LogP contribution is 2.42. The molecule has 0 aliphatic heterocycles. The van der Waals surface area contributed by atoms with Gasteiger partial charge >= 0.3 is 0 Å². The van der Waals surface area contributed by atoms with Crippen LogP contribution in [-0.4, -0.2) is 23.7 Å². The Kier molecular flexibility index (Phi) is 6.30. The molecule has 0 N–H and O–H groups in total. The maximum absolute atomic E-state index is 15.4. The molecule has 0 radical (unpaired) electrons. The number of benzene rings is 7. The maximum atomic E-state index is 15.4. The average molecular weight is 680 g/mol. The van der Waals surface area contributed by atoms with Crippen molar-refractivity contribution in [2.45, 2.75) is 0 Å². The molecular weight excluding hydrogens is 651 g/mol. The molecule has 0 unspecified atom stereocenters. The van der Waals surface area contributed by atoms with Crippen molar-refractivity contribution < 1.29 is 0 Å². The molecule has 0 saturated heterocycles. The maximum Gasteiger partial charge on any atom is 0.266 e. The molecule has 0 aliphatic carbocycles. The highest BCUT2D eigenvalue weighted by Gasteiger charge is 2.28. The van der Waals surface area contributed by atoms with Crippen LogP contribution in [0.4, 0.5) is 0 Å². The largest absolute Gasteiger partial charge is 0.308 e. The van der Waals surface area contributed by atoms with Crippen LogP contribution >= 0.6 is 0 Å². The molecule has 248 valence electrons. The van der Waals surface area contributed by atoms with Gasteiger partial charge in [-0.1, -0.05) is 133 Å². The summed E-state index contributed by atoms with van der Waals surface area (Å²) in [7, 11) is 0. The van der Waals surface area contributed by atoms with E-state index in [1.54, 1.807) is 0 Å². The zero-order valence-corrected chi connectivity index (χ0v) is 28.4. The minimum atomic E-state index is -0.108. The first kappa shape index (κ1) is 29.4. The van der Waals surface area contributed by atoms with E-state index in [4.69, 9.17) is 9.97 Å². The second-order valence-electron chi connectivity index (χ2n) is 13.4. The zero-order chi connectivity index (χ0) is 35.0. The molecule has 4 aromatic heterocycles. The Bertz CT molecular complexity index is 3290. The van der Waals surface area contributed by atoms with E-state index >= 15 is 4.79 Å². The molecule has 4 heterocycles. The van der Waals surface area contributed by atoms with Crippen LogP contribution in [0.25, 0.3) is 94.0 Å². The van der Waals surface area contributed by atoms with Gasteiger partial charge in [-0.25, -0.2) is 9.97 Å². The second-order valence-corrected chi connectivity index (χ2v) is 13.4. The third-order valence-electron chi connectivity index (χ3n) is 10.4. The third-order valence-corrected chi connectivity index (χ3v) is 10.4. The van der Waals surface area contributed by atoms with E-state index in [2.05, 4.69) is 100 Å². The van der Waals surface area contributed by atoms with Crippen LogP contribution in [-0.2, 0) is 0 Å². The summed E-state index contributed by atoms with van der Waals surface area (Å²) in [6, 6.07) is 59.7. The van der Waals surface area contributed by atoms with Crippen molar-refractivity contribution >= 4 is 65.4 Å². The zero-order valence-electron chi connectivity index (χ0n) is 28.4. The molecule has 0 bridgehead atoms. The van der Waals surface area contributed by atoms with Crippen molar-refractivity contribution in [1.29, 1.82) is 0 Å². The van der Waals surface area contributed by atoms with Crippen molar-refractivity contribution in [2.24, 2.45) is 0 Å². The lowest BCUT2D eigenvalue weighted by Gasteiger charge is -2.16. The van der Waals surface area contributed by atoms with Gasteiger partial charge in [-0.3, -0.25) is 13.9 Å². The number of fused-ring (bicyclic) bond motifs is 10. The average Bonchev–Trinajstić information content (AvgIpc) is 3.75. The molecule has 0 fully saturated rings. The summed E-state index contributed by atoms with van der Waals surface area (Å²) in [5.74, 6) is 0.490. The van der Waals surface area contributed by atoms with Crippen molar-refractivity contribution in [1.82, 2.24) is 23.7 Å². The summed E-state index contributed by atoms with van der Waals surface area (Å²) in [6.45, 7) is 0. The Morgan fingerprint density at radius 1 is 0.415 bits per heavy atom. The summed E-state index contributed by atoms with van der Waals surface area (Å²) in [4.78, 5) is 26.3. The fourth-order valence-corrected chi connectivity index (χ4v) is 8.21. The second kappa shape index (κ2) is 11.4. The number of aromatic nitrogens is 5. The Balaban J connectivity index is 1.41. The van der Waals surface area contributed by atoms with Gasteiger partial charge in [0.15, 0.2) is 0 Å². The lowest BCUT2D eigenvalue weighted by molar-refractivity contribution is 0.946. The number of para-hydroxylation sites is 4. The van der Waals surface area contributed by atoms with Gasteiger partial charge < -0.3 is 4.57 Å². The normalized spacial score (nSPS) is 11.8. The molecule has 0 saturated carbocycles. The molecule has 53 heavy (non-hydrogen) atoms. The SMILES string of the molecule is O=c1c2c3ccccc3n(-c3ccccc3)c2c2c3ccccc3n(-c3nc(-c4ccccc4)c4ccc5ccccc5c4n3)c2n1-c1ccccc1. The van der Waals surface area contributed by atoms with E-state index in [0.29, 0.717) is 17.0 Å². The quantitative estimate of drug-likeness (QED) is 0.174. The van der Waals surface area contributed by atoms with Crippen molar-refractivity contribution in [3.8, 4) is 28.6 Å². The highest BCUT2D eigenvalue weighted by atomic mass is 16.1. The van der Waals surface area contributed by atoms with E-state index in [0.717, 1.165) is 77.0 Å². The topological polar surface area (TPSA) is 57.6 Å². The van der Waals surface area contributed by atoms with Gasteiger partial charge in [0, 0.05) is 32.8 Å². The fraction of sp³-hybridized carbons (Fsp3) is 0. The molecule has 6 heteroatoms. The number of pyridine rings is 1. The first-order valence-electron chi connectivity index (χ1n) is 17.7. The van der Waals surface area contributed by atoms with Gasteiger partial charge in [0.1, 0.15) is 5.65 Å². The summed E-state index contributed by atoms with van der Waals surface area (Å²) in [5, 5.41) is 6.62. The summed E-state index contributed by atoms with van der Waals surface area (Å²) < 4.78 is 6.20. The fourth-order valence-electron chi connectivity index (χ4n) is 8.21. The molecule has 0 aliphatic rings. The minimum Gasteiger partial charge on any atom is -0.308 e. The number of hydrogen-bond acceptors (Lipinski definition) is 3. The predicted octanol–water partition coefficient (Wildman–Crippen LogP) is 10.8. The third kappa shape index (κ3) is 4.23. The van der Waals surface area contributed by atoms with Gasteiger partial charge in [0.05, 0.1) is 44.2 Å². The molecule has 0 atom stereocenters. The van der Waals surface area contributed by atoms with Crippen LogP contribution in [0.2, 0.25) is 0 Å². The Morgan fingerprint density at radius 3 is 1.66 bits per heavy atom. The summed E-state index contributed by atoms with van der Waals surface area (Å²) in [6.07, 6.45) is 0. The van der Waals surface area contributed by atoms with Crippen LogP contribution in [0, 0.1) is 0 Å². The van der Waals surface area contributed by atoms with E-state index in [1.165, 1.54) is 0 Å². The van der Waals surface area contributed by atoms with Gasteiger partial charge in [-0.2, -0.15) is 0 Å². The first-order chi connectivity index (χ1) is 26.3. The van der Waals surface area contributed by atoms with Gasteiger partial charge in [-0.15, -0.1) is 0 Å². The Labute approximate surface area is 303 Å². The van der Waals surface area contributed by atoms with Crippen LogP contribution in [0.1, 0.15) is 0 Å². The molecule has 0 amide bonds. The predicted molar refractivity (Wildman–Crippen MR) is 217 cm³/mol. The number of rotatable bonds is 4.